The molecule has 1 atom stereocenters. The number of urea groups is 1. The summed E-state index contributed by atoms with van der Waals surface area (Å²) in [5.41, 5.74) is 3.11. The third-order valence-electron chi connectivity index (χ3n) is 4.23. The molecule has 2 amide bonds. The van der Waals surface area contributed by atoms with Gasteiger partial charge in [-0.05, 0) is 24.1 Å². The van der Waals surface area contributed by atoms with Crippen molar-refractivity contribution in [3.63, 3.8) is 0 Å². The lowest BCUT2D eigenvalue weighted by atomic mass is 10.1. The van der Waals surface area contributed by atoms with Crippen LogP contribution < -0.4 is 10.6 Å². The van der Waals surface area contributed by atoms with Crippen LogP contribution in [0.4, 0.5) is 4.79 Å². The highest BCUT2D eigenvalue weighted by Gasteiger charge is 2.15. The van der Waals surface area contributed by atoms with Gasteiger partial charge in [-0.1, -0.05) is 24.3 Å². The van der Waals surface area contributed by atoms with Crippen molar-refractivity contribution in [2.75, 3.05) is 32.8 Å². The van der Waals surface area contributed by atoms with Crippen molar-refractivity contribution < 1.29 is 9.53 Å². The Kier molecular flexibility index (Phi) is 6.03. The standard InChI is InChI=1S/C18H25N5O2/c1-14(13-23-8-10-25-11-9-23)21-18(24)19-12-15-2-4-16(5-3-15)17-6-7-20-22-17/h2-7,14H,8-13H2,1H3,(H,20,22)(H2,19,21,24). The van der Waals surface area contributed by atoms with Crippen LogP contribution in [0.25, 0.3) is 11.3 Å². The molecule has 0 bridgehead atoms. The molecule has 1 aliphatic rings. The number of ether oxygens (including phenoxy) is 1. The van der Waals surface area contributed by atoms with E-state index in [1.165, 1.54) is 0 Å². The van der Waals surface area contributed by atoms with Crippen molar-refractivity contribution in [2.24, 2.45) is 0 Å². The number of rotatable bonds is 6. The predicted octanol–water partition coefficient (Wildman–Crippen LogP) is 1.60. The maximum Gasteiger partial charge on any atom is 0.315 e. The van der Waals surface area contributed by atoms with Crippen LogP contribution in [0.3, 0.4) is 0 Å². The smallest absolute Gasteiger partial charge is 0.315 e. The molecule has 0 aliphatic carbocycles. The largest absolute Gasteiger partial charge is 0.379 e. The number of benzene rings is 1. The van der Waals surface area contributed by atoms with E-state index in [4.69, 9.17) is 4.74 Å². The summed E-state index contributed by atoms with van der Waals surface area (Å²) < 4.78 is 5.34. The predicted molar refractivity (Wildman–Crippen MR) is 96.1 cm³/mol. The molecule has 7 heteroatoms. The molecule has 1 aromatic carbocycles. The summed E-state index contributed by atoms with van der Waals surface area (Å²) in [5, 5.41) is 12.8. The number of hydrogen-bond acceptors (Lipinski definition) is 4. The van der Waals surface area contributed by atoms with Crippen LogP contribution in [0.5, 0.6) is 0 Å². The fourth-order valence-electron chi connectivity index (χ4n) is 2.89. The van der Waals surface area contributed by atoms with E-state index < -0.39 is 0 Å². The van der Waals surface area contributed by atoms with Gasteiger partial charge in [0.1, 0.15) is 0 Å². The summed E-state index contributed by atoms with van der Waals surface area (Å²) in [5.74, 6) is 0. The molecule has 7 nitrogen and oxygen atoms in total. The second-order valence-electron chi connectivity index (χ2n) is 6.31. The van der Waals surface area contributed by atoms with Crippen LogP contribution in [-0.4, -0.2) is 60.0 Å². The topological polar surface area (TPSA) is 82.3 Å². The Labute approximate surface area is 147 Å². The molecule has 0 saturated carbocycles. The summed E-state index contributed by atoms with van der Waals surface area (Å²) in [7, 11) is 0. The molecule has 1 unspecified atom stereocenters. The zero-order chi connectivity index (χ0) is 17.5. The molecule has 0 radical (unpaired) electrons. The van der Waals surface area contributed by atoms with Crippen molar-refractivity contribution in [3.8, 4) is 11.3 Å². The minimum Gasteiger partial charge on any atom is -0.379 e. The van der Waals surface area contributed by atoms with Gasteiger partial charge < -0.3 is 15.4 Å². The minimum absolute atomic E-state index is 0.0980. The van der Waals surface area contributed by atoms with Gasteiger partial charge in [0.05, 0.1) is 18.9 Å². The van der Waals surface area contributed by atoms with E-state index in [9.17, 15) is 4.79 Å². The fraction of sp³-hybridized carbons (Fsp3) is 0.444. The number of aromatic nitrogens is 2. The van der Waals surface area contributed by atoms with E-state index in [0.29, 0.717) is 6.54 Å². The number of carbonyl (C=O) groups excluding carboxylic acids is 1. The summed E-state index contributed by atoms with van der Waals surface area (Å²) in [6.45, 7) is 6.76. The molecular formula is C18H25N5O2. The van der Waals surface area contributed by atoms with Gasteiger partial charge >= 0.3 is 6.03 Å². The number of amides is 2. The second kappa shape index (κ2) is 8.64. The van der Waals surface area contributed by atoms with Gasteiger partial charge in [-0.15, -0.1) is 0 Å². The third-order valence-corrected chi connectivity index (χ3v) is 4.23. The van der Waals surface area contributed by atoms with Gasteiger partial charge in [0.2, 0.25) is 0 Å². The number of morpholine rings is 1. The number of carbonyl (C=O) groups is 1. The van der Waals surface area contributed by atoms with E-state index in [1.807, 2.05) is 37.3 Å². The van der Waals surface area contributed by atoms with E-state index in [0.717, 1.165) is 49.7 Å². The lowest BCUT2D eigenvalue weighted by Crippen LogP contribution is -2.48. The Balaban J connectivity index is 1.41. The van der Waals surface area contributed by atoms with Crippen molar-refractivity contribution in [1.29, 1.82) is 0 Å². The van der Waals surface area contributed by atoms with E-state index >= 15 is 0 Å². The fourth-order valence-corrected chi connectivity index (χ4v) is 2.89. The van der Waals surface area contributed by atoms with E-state index in [1.54, 1.807) is 6.20 Å². The van der Waals surface area contributed by atoms with Crippen LogP contribution in [0.15, 0.2) is 36.5 Å². The molecule has 25 heavy (non-hydrogen) atoms. The number of nitrogens with one attached hydrogen (secondary N) is 3. The Morgan fingerprint density at radius 2 is 2.04 bits per heavy atom. The zero-order valence-electron chi connectivity index (χ0n) is 14.5. The maximum absolute atomic E-state index is 12.0. The van der Waals surface area contributed by atoms with Crippen LogP contribution in [-0.2, 0) is 11.3 Å². The molecule has 1 aliphatic heterocycles. The normalized spacial score (nSPS) is 16.4. The minimum atomic E-state index is -0.140. The highest BCUT2D eigenvalue weighted by Crippen LogP contribution is 2.16. The second-order valence-corrected chi connectivity index (χ2v) is 6.31. The van der Waals surface area contributed by atoms with Crippen LogP contribution >= 0.6 is 0 Å². The highest BCUT2D eigenvalue weighted by molar-refractivity contribution is 5.74. The van der Waals surface area contributed by atoms with Gasteiger partial charge in [-0.3, -0.25) is 10.00 Å². The molecule has 3 rings (SSSR count). The maximum atomic E-state index is 12.0. The van der Waals surface area contributed by atoms with E-state index in [2.05, 4.69) is 25.7 Å². The molecular weight excluding hydrogens is 318 g/mol. The molecule has 3 N–H and O–H groups in total. The van der Waals surface area contributed by atoms with Gasteiger partial charge in [0, 0.05) is 38.4 Å². The van der Waals surface area contributed by atoms with Gasteiger partial charge in [-0.25, -0.2) is 4.79 Å². The Morgan fingerprint density at radius 3 is 2.72 bits per heavy atom. The van der Waals surface area contributed by atoms with Gasteiger partial charge in [0.15, 0.2) is 0 Å². The van der Waals surface area contributed by atoms with Gasteiger partial charge in [0.25, 0.3) is 0 Å². The summed E-state index contributed by atoms with van der Waals surface area (Å²) in [4.78, 5) is 14.4. The summed E-state index contributed by atoms with van der Waals surface area (Å²) in [6.07, 6.45) is 1.73. The molecule has 1 aromatic heterocycles. The van der Waals surface area contributed by atoms with Crippen molar-refractivity contribution in [3.05, 3.63) is 42.1 Å². The Bertz CT molecular complexity index is 651. The first-order valence-electron chi connectivity index (χ1n) is 8.64. The number of nitrogens with zero attached hydrogens (tertiary/aromatic N) is 2. The van der Waals surface area contributed by atoms with Crippen molar-refractivity contribution in [1.82, 2.24) is 25.7 Å². The number of aromatic amines is 1. The van der Waals surface area contributed by atoms with Gasteiger partial charge in [-0.2, -0.15) is 5.10 Å². The van der Waals surface area contributed by atoms with Crippen LogP contribution in [0, 0.1) is 0 Å². The third kappa shape index (κ3) is 5.30. The zero-order valence-corrected chi connectivity index (χ0v) is 14.5. The van der Waals surface area contributed by atoms with Crippen molar-refractivity contribution in [2.45, 2.75) is 19.5 Å². The Hall–Kier alpha value is -2.38. The van der Waals surface area contributed by atoms with E-state index in [-0.39, 0.29) is 12.1 Å². The monoisotopic (exact) mass is 343 g/mol. The Morgan fingerprint density at radius 1 is 1.28 bits per heavy atom. The molecule has 2 heterocycles. The van der Waals surface area contributed by atoms with Crippen LogP contribution in [0.2, 0.25) is 0 Å². The molecule has 0 spiro atoms. The highest BCUT2D eigenvalue weighted by atomic mass is 16.5. The van der Waals surface area contributed by atoms with Crippen LogP contribution in [0.1, 0.15) is 12.5 Å². The number of hydrogen-bond donors (Lipinski definition) is 3. The summed E-state index contributed by atoms with van der Waals surface area (Å²) >= 11 is 0. The lowest BCUT2D eigenvalue weighted by Gasteiger charge is -2.29. The first kappa shape index (κ1) is 17.4. The first-order chi connectivity index (χ1) is 12.2. The first-order valence-corrected chi connectivity index (χ1v) is 8.64. The van der Waals surface area contributed by atoms with Crippen molar-refractivity contribution >= 4 is 6.03 Å². The summed E-state index contributed by atoms with van der Waals surface area (Å²) in [6, 6.07) is 9.93. The quantitative estimate of drug-likeness (QED) is 0.744. The average Bonchev–Trinajstić information content (AvgIpc) is 3.16. The average molecular weight is 343 g/mol. The molecule has 2 aromatic rings. The number of H-pyrrole nitrogens is 1. The molecule has 134 valence electrons. The molecule has 1 fully saturated rings. The molecule has 1 saturated heterocycles. The SMILES string of the molecule is CC(CN1CCOCC1)NC(=O)NCc1ccc(-c2ccn[nH]2)cc1. The lowest BCUT2D eigenvalue weighted by molar-refractivity contribution is 0.0349.